The molecule has 8 heteroatoms. The van der Waals surface area contributed by atoms with Crippen LogP contribution in [0.25, 0.3) is 11.0 Å². The van der Waals surface area contributed by atoms with Crippen LogP contribution in [0.3, 0.4) is 0 Å². The molecule has 1 N–H and O–H groups in total. The van der Waals surface area contributed by atoms with Crippen molar-refractivity contribution in [1.29, 1.82) is 0 Å². The Labute approximate surface area is 241 Å². The van der Waals surface area contributed by atoms with Gasteiger partial charge in [0.25, 0.3) is 0 Å². The Morgan fingerprint density at radius 1 is 1.10 bits per heavy atom. The van der Waals surface area contributed by atoms with Crippen molar-refractivity contribution in [2.45, 2.75) is 33.2 Å². The number of nitrogens with one attached hydrogen (secondary N) is 1. The second-order valence-corrected chi connectivity index (χ2v) is 11.0. The number of imidazole rings is 1. The molecule has 1 saturated heterocycles. The number of aromatic nitrogens is 2. The predicted molar refractivity (Wildman–Crippen MR) is 167 cm³/mol. The van der Waals surface area contributed by atoms with E-state index in [-0.39, 0.29) is 0 Å². The quantitative estimate of drug-likeness (QED) is 0.225. The number of anilines is 2. The van der Waals surface area contributed by atoms with Crippen molar-refractivity contribution in [3.63, 3.8) is 0 Å². The van der Waals surface area contributed by atoms with Crippen LogP contribution in [0.15, 0.2) is 72.1 Å². The smallest absolute Gasteiger partial charge is 0.143 e. The Bertz CT molecular complexity index is 1640. The number of aliphatic imine (C=N–C) groups is 1. The third-order valence-corrected chi connectivity index (χ3v) is 7.89. The fourth-order valence-corrected chi connectivity index (χ4v) is 5.61. The Morgan fingerprint density at radius 3 is 2.80 bits per heavy atom. The molecule has 0 spiro atoms. The lowest BCUT2D eigenvalue weighted by Crippen LogP contribution is -2.56. The zero-order valence-electron chi connectivity index (χ0n) is 24.5. The predicted octanol–water partition coefficient (Wildman–Crippen LogP) is 6.28. The third-order valence-electron chi connectivity index (χ3n) is 7.89. The molecule has 3 aromatic carbocycles. The first-order valence-electron chi connectivity index (χ1n) is 14.3. The molecule has 41 heavy (non-hydrogen) atoms. The number of amidine groups is 1. The number of allylic oxidation sites excluding steroid dienone is 1. The van der Waals surface area contributed by atoms with Gasteiger partial charge in [0.15, 0.2) is 0 Å². The van der Waals surface area contributed by atoms with Crippen LogP contribution in [0.1, 0.15) is 30.0 Å². The molecular formula is C33H38N6O2. The van der Waals surface area contributed by atoms with Gasteiger partial charge in [0, 0.05) is 50.2 Å². The highest BCUT2D eigenvalue weighted by molar-refractivity contribution is 6.10. The molecule has 1 fully saturated rings. The van der Waals surface area contributed by atoms with Gasteiger partial charge in [-0.1, -0.05) is 13.0 Å². The van der Waals surface area contributed by atoms with Crippen LogP contribution >= 0.6 is 0 Å². The van der Waals surface area contributed by atoms with Gasteiger partial charge in [0.05, 0.1) is 29.1 Å². The summed E-state index contributed by atoms with van der Waals surface area (Å²) >= 11 is 0. The SMILES string of the molecule is CC/C=C/N=C(Nc1ccc(Oc2ccc3c(c2)ncn3C)c(C)c1)c1cc2c(cc1C)OCC1CN(C)CCN21. The van der Waals surface area contributed by atoms with E-state index in [0.29, 0.717) is 6.04 Å². The van der Waals surface area contributed by atoms with Crippen LogP contribution in [0.2, 0.25) is 0 Å². The summed E-state index contributed by atoms with van der Waals surface area (Å²) in [5.74, 6) is 3.33. The van der Waals surface area contributed by atoms with E-state index in [9.17, 15) is 0 Å². The van der Waals surface area contributed by atoms with Crippen LogP contribution < -0.4 is 19.7 Å². The molecule has 212 valence electrons. The Hall–Kier alpha value is -4.30. The highest BCUT2D eigenvalue weighted by Gasteiger charge is 2.32. The van der Waals surface area contributed by atoms with Gasteiger partial charge in [-0.2, -0.15) is 0 Å². The molecule has 0 saturated carbocycles. The summed E-state index contributed by atoms with van der Waals surface area (Å²) in [6.45, 7) is 10.0. The molecule has 2 aliphatic heterocycles. The van der Waals surface area contributed by atoms with Gasteiger partial charge in [0.1, 0.15) is 29.7 Å². The highest BCUT2D eigenvalue weighted by atomic mass is 16.5. The van der Waals surface area contributed by atoms with Crippen LogP contribution in [0.5, 0.6) is 17.2 Å². The molecule has 1 atom stereocenters. The van der Waals surface area contributed by atoms with E-state index >= 15 is 0 Å². The van der Waals surface area contributed by atoms with Crippen molar-refractivity contribution < 1.29 is 9.47 Å². The van der Waals surface area contributed by atoms with E-state index < -0.39 is 0 Å². The second kappa shape index (κ2) is 11.3. The van der Waals surface area contributed by atoms with Crippen molar-refractivity contribution in [2.24, 2.45) is 12.0 Å². The van der Waals surface area contributed by atoms with E-state index in [1.807, 2.05) is 54.5 Å². The molecule has 4 aromatic rings. The number of aryl methyl sites for hydroxylation is 3. The lowest BCUT2D eigenvalue weighted by Gasteiger charge is -2.45. The number of hydrogen-bond acceptors (Lipinski definition) is 6. The second-order valence-electron chi connectivity index (χ2n) is 11.0. The summed E-state index contributed by atoms with van der Waals surface area (Å²) in [6.07, 6.45) is 6.69. The van der Waals surface area contributed by atoms with E-state index in [1.54, 1.807) is 0 Å². The normalized spacial score (nSPS) is 17.4. The first-order valence-corrected chi connectivity index (χ1v) is 14.3. The molecule has 0 aliphatic carbocycles. The van der Waals surface area contributed by atoms with Crippen molar-refractivity contribution in [3.8, 4) is 17.2 Å². The first kappa shape index (κ1) is 26.9. The van der Waals surface area contributed by atoms with Crippen LogP contribution in [0.4, 0.5) is 11.4 Å². The molecule has 0 amide bonds. The van der Waals surface area contributed by atoms with Crippen molar-refractivity contribution in [1.82, 2.24) is 14.5 Å². The van der Waals surface area contributed by atoms with Gasteiger partial charge in [-0.25, -0.2) is 9.98 Å². The summed E-state index contributed by atoms with van der Waals surface area (Å²) in [4.78, 5) is 14.2. The maximum atomic E-state index is 6.25. The number of rotatable bonds is 6. The fraction of sp³-hybridized carbons (Fsp3) is 0.333. The number of hydrogen-bond donors (Lipinski definition) is 1. The molecular weight excluding hydrogens is 512 g/mol. The molecule has 0 bridgehead atoms. The van der Waals surface area contributed by atoms with Gasteiger partial charge in [-0.15, -0.1) is 0 Å². The van der Waals surface area contributed by atoms with Gasteiger partial charge in [-0.05, 0) is 80.9 Å². The maximum absolute atomic E-state index is 6.25. The van der Waals surface area contributed by atoms with E-state index in [0.717, 1.165) is 94.8 Å². The molecule has 1 unspecified atom stereocenters. The summed E-state index contributed by atoms with van der Waals surface area (Å²) in [7, 11) is 4.17. The van der Waals surface area contributed by atoms with Crippen molar-refractivity contribution in [3.05, 3.63) is 83.8 Å². The van der Waals surface area contributed by atoms with Crippen LogP contribution in [0, 0.1) is 13.8 Å². The van der Waals surface area contributed by atoms with Crippen LogP contribution in [-0.2, 0) is 7.05 Å². The van der Waals surface area contributed by atoms with Crippen molar-refractivity contribution in [2.75, 3.05) is 43.5 Å². The molecule has 3 heterocycles. The number of likely N-dealkylation sites (N-methyl/N-ethyl adjacent to an activating group) is 1. The van der Waals surface area contributed by atoms with E-state index in [1.165, 1.54) is 0 Å². The first-order chi connectivity index (χ1) is 19.9. The number of nitrogens with zero attached hydrogens (tertiary/aromatic N) is 5. The average molecular weight is 551 g/mol. The number of fused-ring (bicyclic) bond motifs is 4. The van der Waals surface area contributed by atoms with E-state index in [2.05, 4.69) is 72.2 Å². The summed E-state index contributed by atoms with van der Waals surface area (Å²) in [5.41, 5.74) is 7.29. The number of ether oxygens (including phenoxy) is 2. The monoisotopic (exact) mass is 550 g/mol. The minimum atomic E-state index is 0.360. The zero-order chi connectivity index (χ0) is 28.5. The van der Waals surface area contributed by atoms with Crippen LogP contribution in [-0.4, -0.2) is 59.6 Å². The summed E-state index contributed by atoms with van der Waals surface area (Å²) in [5, 5.41) is 3.60. The van der Waals surface area contributed by atoms with Gasteiger partial charge >= 0.3 is 0 Å². The van der Waals surface area contributed by atoms with Gasteiger partial charge in [0.2, 0.25) is 0 Å². The lowest BCUT2D eigenvalue weighted by atomic mass is 10.0. The fourth-order valence-electron chi connectivity index (χ4n) is 5.61. The van der Waals surface area contributed by atoms with Crippen molar-refractivity contribution >= 4 is 28.2 Å². The zero-order valence-corrected chi connectivity index (χ0v) is 24.5. The Kier molecular flexibility index (Phi) is 7.41. The minimum Gasteiger partial charge on any atom is -0.489 e. The standard InChI is InChI=1S/C33H38N6O2/c1-6-7-12-34-33(27-18-30-32(16-22(27)2)40-20-25-19-37(4)13-14-39(25)30)36-24-8-11-31(23(3)15-24)41-26-9-10-29-28(17-26)35-21-38(29)5/h7-12,15-18,21,25H,6,13-14,19-20H2,1-5H3,(H,34,36)/b12-7+. The molecule has 2 aliphatic rings. The number of benzene rings is 3. The highest BCUT2D eigenvalue weighted by Crippen LogP contribution is 2.38. The molecule has 6 rings (SSSR count). The molecule has 8 nitrogen and oxygen atoms in total. The minimum absolute atomic E-state index is 0.360. The third kappa shape index (κ3) is 5.52. The lowest BCUT2D eigenvalue weighted by molar-refractivity contribution is 0.188. The van der Waals surface area contributed by atoms with Gasteiger partial charge in [-0.3, -0.25) is 0 Å². The number of piperazine rings is 1. The Balaban J connectivity index is 1.28. The average Bonchev–Trinajstić information content (AvgIpc) is 3.33. The largest absolute Gasteiger partial charge is 0.489 e. The Morgan fingerprint density at radius 2 is 1.98 bits per heavy atom. The van der Waals surface area contributed by atoms with Gasteiger partial charge < -0.3 is 29.2 Å². The summed E-state index contributed by atoms with van der Waals surface area (Å²) < 4.78 is 14.5. The molecule has 1 aromatic heterocycles. The maximum Gasteiger partial charge on any atom is 0.143 e. The topological polar surface area (TPSA) is 67.2 Å². The molecule has 0 radical (unpaired) electrons. The van der Waals surface area contributed by atoms with E-state index in [4.69, 9.17) is 14.5 Å². The summed E-state index contributed by atoms with van der Waals surface area (Å²) in [6, 6.07) is 16.9.